The van der Waals surface area contributed by atoms with Crippen LogP contribution in [0.15, 0.2) is 36.5 Å². The third-order valence-corrected chi connectivity index (χ3v) is 11.1. The fourth-order valence-corrected chi connectivity index (χ4v) is 7.24. The van der Waals surface area contributed by atoms with Gasteiger partial charge in [0.15, 0.2) is 6.10 Å². The Hall–Kier alpha value is -2.37. The first kappa shape index (κ1) is 56.6. The number of unbranched alkanes of at least 4 members (excludes halogenated alkanes) is 30. The third kappa shape index (κ3) is 46.5. The van der Waals surface area contributed by atoms with E-state index in [2.05, 4.69) is 57.2 Å². The van der Waals surface area contributed by atoms with Crippen LogP contribution >= 0.6 is 0 Å². The molecule has 0 amide bonds. The van der Waals surface area contributed by atoms with Gasteiger partial charge in [-0.05, 0) is 64.2 Å². The van der Waals surface area contributed by atoms with Gasteiger partial charge in [-0.25, -0.2) is 0 Å². The highest BCUT2D eigenvalue weighted by Crippen LogP contribution is 2.16. The van der Waals surface area contributed by atoms with E-state index < -0.39 is 6.10 Å². The molecule has 0 aromatic heterocycles. The maximum Gasteiger partial charge on any atom is 0.306 e. The van der Waals surface area contributed by atoms with Gasteiger partial charge in [-0.1, -0.05) is 218 Å². The van der Waals surface area contributed by atoms with E-state index in [4.69, 9.17) is 14.2 Å². The van der Waals surface area contributed by atoms with E-state index in [-0.39, 0.29) is 31.1 Å². The minimum Gasteiger partial charge on any atom is -0.462 e. The summed E-state index contributed by atoms with van der Waals surface area (Å²) >= 11 is 0. The highest BCUT2D eigenvalue weighted by molar-refractivity contribution is 5.71. The zero-order chi connectivity index (χ0) is 43.0. The molecule has 0 rings (SSSR count). The van der Waals surface area contributed by atoms with Gasteiger partial charge >= 0.3 is 17.9 Å². The van der Waals surface area contributed by atoms with Crippen LogP contribution in [-0.4, -0.2) is 37.2 Å². The molecule has 1 unspecified atom stereocenters. The van der Waals surface area contributed by atoms with Crippen molar-refractivity contribution in [1.82, 2.24) is 0 Å². The maximum atomic E-state index is 12.7. The lowest BCUT2D eigenvalue weighted by Crippen LogP contribution is -2.30. The number of allylic oxidation sites excluding steroid dienone is 6. The van der Waals surface area contributed by atoms with Gasteiger partial charge in [-0.3, -0.25) is 14.4 Å². The first-order chi connectivity index (χ1) is 29.0. The third-order valence-electron chi connectivity index (χ3n) is 11.1. The number of carbonyl (C=O) groups excluding carboxylic acids is 3. The number of ether oxygens (including phenoxy) is 3. The van der Waals surface area contributed by atoms with Crippen molar-refractivity contribution in [3.8, 4) is 0 Å². The lowest BCUT2D eigenvalue weighted by atomic mass is 10.0. The summed E-state index contributed by atoms with van der Waals surface area (Å²) in [5.41, 5.74) is 0. The van der Waals surface area contributed by atoms with Crippen LogP contribution in [0.1, 0.15) is 265 Å². The summed E-state index contributed by atoms with van der Waals surface area (Å²) in [4.78, 5) is 37.8. The van der Waals surface area contributed by atoms with Gasteiger partial charge in [-0.2, -0.15) is 0 Å². The zero-order valence-electron chi connectivity index (χ0n) is 39.3. The van der Waals surface area contributed by atoms with Crippen molar-refractivity contribution in [3.63, 3.8) is 0 Å². The van der Waals surface area contributed by atoms with Gasteiger partial charge < -0.3 is 14.2 Å². The summed E-state index contributed by atoms with van der Waals surface area (Å²) in [6.45, 7) is 6.55. The van der Waals surface area contributed by atoms with Crippen LogP contribution in [0.25, 0.3) is 0 Å². The molecule has 0 aliphatic carbocycles. The minimum atomic E-state index is -0.782. The highest BCUT2D eigenvalue weighted by atomic mass is 16.6. The second kappa shape index (κ2) is 48.3. The first-order valence-electron chi connectivity index (χ1n) is 25.5. The molecule has 0 radical (unpaired) electrons. The maximum absolute atomic E-state index is 12.7. The SMILES string of the molecule is CCCC/C=C\C=C/CCCCCC(=O)OCC(COC(=O)CCCCCCCCCCCCCCCCCCCC)OC(=O)CCCCCCC/C=C\CCCCC. The Balaban J connectivity index is 4.32. The predicted molar refractivity (Wildman–Crippen MR) is 252 cm³/mol. The van der Waals surface area contributed by atoms with Gasteiger partial charge in [0, 0.05) is 19.3 Å². The van der Waals surface area contributed by atoms with Crippen LogP contribution in [0.3, 0.4) is 0 Å². The van der Waals surface area contributed by atoms with Crippen LogP contribution < -0.4 is 0 Å². The summed E-state index contributed by atoms with van der Waals surface area (Å²) in [5, 5.41) is 0. The van der Waals surface area contributed by atoms with E-state index in [1.54, 1.807) is 0 Å². The average Bonchev–Trinajstić information content (AvgIpc) is 3.23. The van der Waals surface area contributed by atoms with Crippen molar-refractivity contribution in [3.05, 3.63) is 36.5 Å². The van der Waals surface area contributed by atoms with Crippen LogP contribution in [0.4, 0.5) is 0 Å². The largest absolute Gasteiger partial charge is 0.462 e. The molecule has 0 saturated carbocycles. The number of hydrogen-bond donors (Lipinski definition) is 0. The summed E-state index contributed by atoms with van der Waals surface area (Å²) in [6, 6.07) is 0. The molecular formula is C53H96O6. The van der Waals surface area contributed by atoms with Crippen molar-refractivity contribution in [2.45, 2.75) is 271 Å². The summed E-state index contributed by atoms with van der Waals surface area (Å²) in [5.74, 6) is -0.912. The van der Waals surface area contributed by atoms with Crippen LogP contribution in [0, 0.1) is 0 Å². The van der Waals surface area contributed by atoms with E-state index in [0.29, 0.717) is 19.3 Å². The number of hydrogen-bond acceptors (Lipinski definition) is 6. The second-order valence-electron chi connectivity index (χ2n) is 17.1. The molecule has 0 saturated heterocycles. The van der Waals surface area contributed by atoms with Crippen LogP contribution in [0.2, 0.25) is 0 Å². The Bertz CT molecular complexity index is 1000. The first-order valence-corrected chi connectivity index (χ1v) is 25.5. The quantitative estimate of drug-likeness (QED) is 0.0200. The summed E-state index contributed by atoms with van der Waals surface area (Å²) < 4.78 is 16.7. The molecule has 0 heterocycles. The molecule has 0 bridgehead atoms. The average molecular weight is 829 g/mol. The molecule has 0 spiro atoms. The Morgan fingerprint density at radius 2 is 0.627 bits per heavy atom. The van der Waals surface area contributed by atoms with E-state index in [1.807, 2.05) is 0 Å². The van der Waals surface area contributed by atoms with E-state index >= 15 is 0 Å². The lowest BCUT2D eigenvalue weighted by molar-refractivity contribution is -0.167. The van der Waals surface area contributed by atoms with Crippen molar-refractivity contribution < 1.29 is 28.6 Å². The monoisotopic (exact) mass is 829 g/mol. The molecule has 0 aromatic rings. The Labute approximate surface area is 365 Å². The molecule has 59 heavy (non-hydrogen) atoms. The van der Waals surface area contributed by atoms with Gasteiger partial charge in [0.1, 0.15) is 13.2 Å². The topological polar surface area (TPSA) is 78.9 Å². The van der Waals surface area contributed by atoms with E-state index in [9.17, 15) is 14.4 Å². The Morgan fingerprint density at radius 1 is 0.339 bits per heavy atom. The van der Waals surface area contributed by atoms with Crippen molar-refractivity contribution in [2.75, 3.05) is 13.2 Å². The molecule has 0 N–H and O–H groups in total. The Kier molecular flexibility index (Phi) is 46.4. The smallest absolute Gasteiger partial charge is 0.306 e. The van der Waals surface area contributed by atoms with E-state index in [1.165, 1.54) is 141 Å². The van der Waals surface area contributed by atoms with Crippen LogP contribution in [0.5, 0.6) is 0 Å². The normalized spacial score (nSPS) is 12.3. The number of esters is 3. The van der Waals surface area contributed by atoms with Gasteiger partial charge in [-0.15, -0.1) is 0 Å². The summed E-state index contributed by atoms with van der Waals surface area (Å²) in [6.07, 6.45) is 55.6. The van der Waals surface area contributed by atoms with Crippen LogP contribution in [-0.2, 0) is 28.6 Å². The van der Waals surface area contributed by atoms with Crippen molar-refractivity contribution in [1.29, 1.82) is 0 Å². The zero-order valence-corrected chi connectivity index (χ0v) is 39.3. The van der Waals surface area contributed by atoms with Gasteiger partial charge in [0.05, 0.1) is 0 Å². The van der Waals surface area contributed by atoms with E-state index in [0.717, 1.165) is 83.5 Å². The molecule has 6 heteroatoms. The fourth-order valence-electron chi connectivity index (χ4n) is 7.24. The number of rotatable bonds is 46. The molecular weight excluding hydrogens is 733 g/mol. The lowest BCUT2D eigenvalue weighted by Gasteiger charge is -2.18. The molecule has 6 nitrogen and oxygen atoms in total. The van der Waals surface area contributed by atoms with Gasteiger partial charge in [0.2, 0.25) is 0 Å². The molecule has 1 atom stereocenters. The molecule has 344 valence electrons. The van der Waals surface area contributed by atoms with Crippen molar-refractivity contribution >= 4 is 17.9 Å². The minimum absolute atomic E-state index is 0.0813. The molecule has 0 aliphatic rings. The fraction of sp³-hybridized carbons (Fsp3) is 0.830. The standard InChI is InChI=1S/C53H96O6/c1-4-7-10-13-16-19-22-24-25-26-27-28-29-32-34-37-40-43-46-52(55)58-49-50(48-57-51(54)45-42-39-36-33-30-21-18-15-12-9-6-3)59-53(56)47-44-41-38-35-31-23-20-17-14-11-8-5-2/h15,17-18,20-21,30,50H,4-14,16,19,22-29,31-49H2,1-3H3/b18-15-,20-17-,30-21-. The summed E-state index contributed by atoms with van der Waals surface area (Å²) in [7, 11) is 0. The molecule has 0 aliphatic heterocycles. The highest BCUT2D eigenvalue weighted by Gasteiger charge is 2.19. The Morgan fingerprint density at radius 3 is 1.05 bits per heavy atom. The predicted octanol–water partition coefficient (Wildman–Crippen LogP) is 16.5. The molecule has 0 aromatic carbocycles. The van der Waals surface area contributed by atoms with Crippen molar-refractivity contribution in [2.24, 2.45) is 0 Å². The number of carbonyl (C=O) groups is 3. The van der Waals surface area contributed by atoms with Gasteiger partial charge in [0.25, 0.3) is 0 Å². The molecule has 0 fully saturated rings. The second-order valence-corrected chi connectivity index (χ2v) is 17.1.